The summed E-state index contributed by atoms with van der Waals surface area (Å²) in [6.45, 7) is 0. The lowest BCUT2D eigenvalue weighted by molar-refractivity contribution is -0.137. The molecule has 0 radical (unpaired) electrons. The number of hydrogen-bond acceptors (Lipinski definition) is 4. The van der Waals surface area contributed by atoms with Gasteiger partial charge in [0.25, 0.3) is 5.91 Å². The summed E-state index contributed by atoms with van der Waals surface area (Å²) in [6.07, 6.45) is 0. The minimum atomic E-state index is -1.16. The first-order valence-corrected chi connectivity index (χ1v) is 8.11. The molecule has 8 heteroatoms. The van der Waals surface area contributed by atoms with E-state index in [-0.39, 0.29) is 16.8 Å². The number of fused-ring (bicyclic) bond motifs is 3. The van der Waals surface area contributed by atoms with E-state index in [4.69, 9.17) is 4.74 Å². The molecule has 2 aliphatic heterocycles. The van der Waals surface area contributed by atoms with Crippen molar-refractivity contribution in [2.75, 3.05) is 17.3 Å². The Morgan fingerprint density at radius 2 is 1.81 bits per heavy atom. The fourth-order valence-electron chi connectivity index (χ4n) is 3.30. The fraction of sp³-hybridized carbons (Fsp3) is 0.105. The second-order valence-corrected chi connectivity index (χ2v) is 5.96. The van der Waals surface area contributed by atoms with E-state index in [1.807, 2.05) is 0 Å². The van der Waals surface area contributed by atoms with Gasteiger partial charge in [0.2, 0.25) is 0 Å². The van der Waals surface area contributed by atoms with Gasteiger partial charge in [0, 0.05) is 5.56 Å². The Hall–Kier alpha value is -3.68. The molecule has 0 saturated carbocycles. The van der Waals surface area contributed by atoms with E-state index in [2.05, 4.69) is 10.6 Å². The molecule has 0 aromatic heterocycles. The first-order valence-electron chi connectivity index (χ1n) is 8.11. The Labute approximate surface area is 153 Å². The number of esters is 1. The summed E-state index contributed by atoms with van der Waals surface area (Å²) in [6, 6.07) is 10.6. The minimum Gasteiger partial charge on any atom is -0.466 e. The largest absolute Gasteiger partial charge is 0.466 e. The second-order valence-electron chi connectivity index (χ2n) is 5.96. The lowest BCUT2D eigenvalue weighted by Gasteiger charge is -2.38. The first-order chi connectivity index (χ1) is 13.0. The number of carbonyl (C=O) groups is 3. The molecule has 0 bridgehead atoms. The Morgan fingerprint density at radius 3 is 2.56 bits per heavy atom. The van der Waals surface area contributed by atoms with Gasteiger partial charge in [-0.1, -0.05) is 30.3 Å². The third-order valence-electron chi connectivity index (χ3n) is 4.47. The number of halogens is 1. The molecule has 4 rings (SSSR count). The standard InChI is InChI=1S/C19H14FN3O4/c1-27-18(25)14-15(10-6-2-3-7-11(10)20)22-19(26)23-13-9-5-4-8-12(13)21-17(24)16(14)23/h2-9,15H,1H3,(H,21,24)(H,22,26)/t15-/m1/s1. The molecule has 2 heterocycles. The Kier molecular flexibility index (Phi) is 3.88. The van der Waals surface area contributed by atoms with Crippen molar-refractivity contribution in [1.82, 2.24) is 5.32 Å². The van der Waals surface area contributed by atoms with Crippen LogP contribution in [0.5, 0.6) is 0 Å². The number of methoxy groups -OCH3 is 1. The molecule has 0 aliphatic carbocycles. The van der Waals surface area contributed by atoms with Crippen molar-refractivity contribution in [3.8, 4) is 0 Å². The number of urea groups is 1. The van der Waals surface area contributed by atoms with Gasteiger partial charge in [-0.15, -0.1) is 0 Å². The van der Waals surface area contributed by atoms with E-state index in [1.54, 1.807) is 30.3 Å². The van der Waals surface area contributed by atoms with E-state index < -0.39 is 29.8 Å². The highest BCUT2D eigenvalue weighted by molar-refractivity contribution is 6.23. The average molecular weight is 367 g/mol. The summed E-state index contributed by atoms with van der Waals surface area (Å²) in [5.41, 5.74) is 0.560. The summed E-state index contributed by atoms with van der Waals surface area (Å²) in [4.78, 5) is 39.2. The lowest BCUT2D eigenvalue weighted by Crippen LogP contribution is -2.53. The van der Waals surface area contributed by atoms with Crippen molar-refractivity contribution in [2.24, 2.45) is 0 Å². The molecule has 0 unspecified atom stereocenters. The predicted molar refractivity (Wildman–Crippen MR) is 94.3 cm³/mol. The molecule has 7 nitrogen and oxygen atoms in total. The number of rotatable bonds is 2. The van der Waals surface area contributed by atoms with Crippen molar-refractivity contribution < 1.29 is 23.5 Å². The maximum absolute atomic E-state index is 14.4. The van der Waals surface area contributed by atoms with Crippen molar-refractivity contribution >= 4 is 29.3 Å². The summed E-state index contributed by atoms with van der Waals surface area (Å²) in [5, 5.41) is 5.26. The van der Waals surface area contributed by atoms with Crippen LogP contribution in [0.4, 0.5) is 20.6 Å². The van der Waals surface area contributed by atoms with Gasteiger partial charge >= 0.3 is 12.0 Å². The first kappa shape index (κ1) is 16.8. The Balaban J connectivity index is 1.98. The summed E-state index contributed by atoms with van der Waals surface area (Å²) < 4.78 is 19.2. The topological polar surface area (TPSA) is 87.7 Å². The van der Waals surface area contributed by atoms with Crippen LogP contribution in [0.1, 0.15) is 11.6 Å². The summed E-state index contributed by atoms with van der Waals surface area (Å²) in [5.74, 6) is -2.10. The monoisotopic (exact) mass is 367 g/mol. The average Bonchev–Trinajstić information content (AvgIpc) is 2.67. The molecular formula is C19H14FN3O4. The van der Waals surface area contributed by atoms with Crippen LogP contribution >= 0.6 is 0 Å². The highest BCUT2D eigenvalue weighted by atomic mass is 19.1. The van der Waals surface area contributed by atoms with E-state index >= 15 is 0 Å². The molecule has 0 saturated heterocycles. The second kappa shape index (κ2) is 6.24. The number of nitrogens with one attached hydrogen (secondary N) is 2. The number of anilines is 2. The van der Waals surface area contributed by atoms with Gasteiger partial charge in [0.15, 0.2) is 0 Å². The van der Waals surface area contributed by atoms with Gasteiger partial charge in [-0.2, -0.15) is 0 Å². The highest BCUT2D eigenvalue weighted by Crippen LogP contribution is 2.40. The Morgan fingerprint density at radius 1 is 1.11 bits per heavy atom. The third-order valence-corrected chi connectivity index (χ3v) is 4.47. The van der Waals surface area contributed by atoms with Crippen LogP contribution in [0.3, 0.4) is 0 Å². The normalized spacial score (nSPS) is 18.3. The maximum Gasteiger partial charge on any atom is 0.338 e. The molecule has 2 N–H and O–H groups in total. The summed E-state index contributed by atoms with van der Waals surface area (Å²) in [7, 11) is 1.16. The molecule has 27 heavy (non-hydrogen) atoms. The molecule has 2 aromatic carbocycles. The fourth-order valence-corrected chi connectivity index (χ4v) is 3.30. The molecule has 2 aromatic rings. The molecular weight excluding hydrogens is 353 g/mol. The zero-order valence-corrected chi connectivity index (χ0v) is 14.2. The minimum absolute atomic E-state index is 0.0602. The molecule has 2 aliphatic rings. The maximum atomic E-state index is 14.4. The van der Waals surface area contributed by atoms with E-state index in [0.29, 0.717) is 11.4 Å². The molecule has 136 valence electrons. The van der Waals surface area contributed by atoms with E-state index in [9.17, 15) is 18.8 Å². The van der Waals surface area contributed by atoms with Crippen LogP contribution in [-0.4, -0.2) is 25.0 Å². The van der Waals surface area contributed by atoms with Gasteiger partial charge < -0.3 is 15.4 Å². The van der Waals surface area contributed by atoms with Gasteiger partial charge in [-0.05, 0) is 18.2 Å². The number of ether oxygens (including phenoxy) is 1. The zero-order valence-electron chi connectivity index (χ0n) is 14.2. The van der Waals surface area contributed by atoms with Gasteiger partial charge in [-0.3, -0.25) is 9.69 Å². The SMILES string of the molecule is COC(=O)C1=C2C(=O)Nc3ccccc3N2C(=O)N[C@@H]1c1ccccc1F. The number of nitrogens with zero attached hydrogens (tertiary/aromatic N) is 1. The summed E-state index contributed by atoms with van der Waals surface area (Å²) >= 11 is 0. The zero-order chi connectivity index (χ0) is 19.1. The molecule has 1 atom stereocenters. The van der Waals surface area contributed by atoms with Crippen LogP contribution in [0.15, 0.2) is 59.8 Å². The van der Waals surface area contributed by atoms with E-state index in [1.165, 1.54) is 18.2 Å². The van der Waals surface area contributed by atoms with E-state index in [0.717, 1.165) is 12.0 Å². The quantitative estimate of drug-likeness (QED) is 0.799. The van der Waals surface area contributed by atoms with Crippen molar-refractivity contribution in [1.29, 1.82) is 0 Å². The lowest BCUT2D eigenvalue weighted by atomic mass is 9.92. The number of benzene rings is 2. The molecule has 0 spiro atoms. The van der Waals surface area contributed by atoms with Gasteiger partial charge in [-0.25, -0.2) is 14.0 Å². The van der Waals surface area contributed by atoms with Crippen molar-refractivity contribution in [3.63, 3.8) is 0 Å². The van der Waals surface area contributed by atoms with Gasteiger partial charge in [0.05, 0.1) is 30.1 Å². The number of carbonyl (C=O) groups excluding carboxylic acids is 3. The van der Waals surface area contributed by atoms with Crippen LogP contribution in [0.2, 0.25) is 0 Å². The predicted octanol–water partition coefficient (Wildman–Crippen LogP) is 2.48. The van der Waals surface area contributed by atoms with Crippen LogP contribution < -0.4 is 15.5 Å². The number of hydrogen-bond donors (Lipinski definition) is 2. The number of amides is 3. The van der Waals surface area contributed by atoms with Crippen molar-refractivity contribution in [2.45, 2.75) is 6.04 Å². The third kappa shape index (κ3) is 2.53. The van der Waals surface area contributed by atoms with Crippen LogP contribution in [0, 0.1) is 5.82 Å². The molecule has 3 amide bonds. The number of para-hydroxylation sites is 2. The van der Waals surface area contributed by atoms with Crippen LogP contribution in [0.25, 0.3) is 0 Å². The molecule has 0 fully saturated rings. The van der Waals surface area contributed by atoms with Gasteiger partial charge in [0.1, 0.15) is 11.5 Å². The Bertz CT molecular complexity index is 1020. The highest BCUT2D eigenvalue weighted by Gasteiger charge is 2.45. The smallest absolute Gasteiger partial charge is 0.338 e. The van der Waals surface area contributed by atoms with Crippen LogP contribution in [-0.2, 0) is 14.3 Å². The van der Waals surface area contributed by atoms with Crippen molar-refractivity contribution in [3.05, 3.63) is 71.2 Å².